The van der Waals surface area contributed by atoms with Gasteiger partial charge in [0.15, 0.2) is 5.78 Å². The number of ketones is 1. The maximum absolute atomic E-state index is 13.1. The van der Waals surface area contributed by atoms with Gasteiger partial charge in [0, 0.05) is 18.8 Å². The van der Waals surface area contributed by atoms with E-state index in [1.54, 1.807) is 65.9 Å². The minimum Gasteiger partial charge on any atom is -0.497 e. The highest BCUT2D eigenvalue weighted by molar-refractivity contribution is 5.96. The number of nitrogens with one attached hydrogen (secondary N) is 1. The number of Topliss-reactive ketones (excluding diaryl/α,β-unsaturated/α-hetero) is 1. The SMILES string of the molecule is COc1cccc(C(=O)Cn2cc(-c3ccc(F)cc3)n(C)c2=N)c1. The second kappa shape index (κ2) is 6.76. The monoisotopic (exact) mass is 339 g/mol. The molecule has 0 aliphatic rings. The lowest BCUT2D eigenvalue weighted by Crippen LogP contribution is -2.25. The third kappa shape index (κ3) is 3.38. The van der Waals surface area contributed by atoms with Crippen LogP contribution in [0.15, 0.2) is 54.7 Å². The van der Waals surface area contributed by atoms with Crippen LogP contribution in [0.5, 0.6) is 5.75 Å². The third-order valence-corrected chi connectivity index (χ3v) is 4.07. The number of carbonyl (C=O) groups is 1. The number of imidazole rings is 1. The van der Waals surface area contributed by atoms with Gasteiger partial charge in [-0.3, -0.25) is 10.2 Å². The van der Waals surface area contributed by atoms with Crippen molar-refractivity contribution in [3.05, 3.63) is 71.7 Å². The first kappa shape index (κ1) is 16.7. The van der Waals surface area contributed by atoms with Crippen LogP contribution in [0.1, 0.15) is 10.4 Å². The molecule has 3 aromatic rings. The van der Waals surface area contributed by atoms with Gasteiger partial charge in [0.25, 0.3) is 0 Å². The van der Waals surface area contributed by atoms with E-state index >= 15 is 0 Å². The van der Waals surface area contributed by atoms with Gasteiger partial charge in [0.1, 0.15) is 11.6 Å². The minimum atomic E-state index is -0.315. The average molecular weight is 339 g/mol. The van der Waals surface area contributed by atoms with Crippen LogP contribution < -0.4 is 10.4 Å². The van der Waals surface area contributed by atoms with Crippen LogP contribution in [0.4, 0.5) is 4.39 Å². The minimum absolute atomic E-state index is 0.0427. The van der Waals surface area contributed by atoms with Crippen molar-refractivity contribution >= 4 is 5.78 Å². The van der Waals surface area contributed by atoms with E-state index in [1.807, 2.05) is 0 Å². The Bertz CT molecular complexity index is 971. The molecule has 0 aliphatic heterocycles. The molecule has 0 amide bonds. The summed E-state index contributed by atoms with van der Waals surface area (Å²) in [6.45, 7) is 0.0427. The molecule has 2 aromatic carbocycles. The van der Waals surface area contributed by atoms with Gasteiger partial charge in [-0.15, -0.1) is 0 Å². The number of rotatable bonds is 5. The maximum atomic E-state index is 13.1. The van der Waals surface area contributed by atoms with Crippen molar-refractivity contribution in [3.63, 3.8) is 0 Å². The smallest absolute Gasteiger partial charge is 0.202 e. The van der Waals surface area contributed by atoms with Crippen LogP contribution in [-0.4, -0.2) is 22.0 Å². The number of aromatic nitrogens is 2. The lowest BCUT2D eigenvalue weighted by atomic mass is 10.1. The molecular formula is C19H18FN3O2. The zero-order valence-corrected chi connectivity index (χ0v) is 14.0. The summed E-state index contributed by atoms with van der Waals surface area (Å²) < 4.78 is 21.5. The summed E-state index contributed by atoms with van der Waals surface area (Å²) in [5.41, 5.74) is 2.24. The summed E-state index contributed by atoms with van der Waals surface area (Å²) in [5.74, 6) is 0.181. The van der Waals surface area contributed by atoms with Gasteiger partial charge in [-0.2, -0.15) is 0 Å². The average Bonchev–Trinajstić information content (AvgIpc) is 2.91. The summed E-state index contributed by atoms with van der Waals surface area (Å²) >= 11 is 0. The molecular weight excluding hydrogens is 321 g/mol. The summed E-state index contributed by atoms with van der Waals surface area (Å²) in [4.78, 5) is 12.5. The van der Waals surface area contributed by atoms with Gasteiger partial charge in [-0.05, 0) is 42.0 Å². The molecule has 128 valence electrons. The standard InChI is InChI=1S/C19H18FN3O2/c1-22-17(13-6-8-15(20)9-7-13)11-23(19(22)21)12-18(24)14-4-3-5-16(10-14)25-2/h3-11,21H,12H2,1-2H3. The van der Waals surface area contributed by atoms with Gasteiger partial charge >= 0.3 is 0 Å². The topological polar surface area (TPSA) is 60.0 Å². The third-order valence-electron chi connectivity index (χ3n) is 4.07. The number of benzene rings is 2. The molecule has 0 saturated heterocycles. The molecule has 0 unspecified atom stereocenters. The molecule has 5 nitrogen and oxygen atoms in total. The first-order chi connectivity index (χ1) is 12.0. The van der Waals surface area contributed by atoms with Gasteiger partial charge in [-0.1, -0.05) is 12.1 Å². The van der Waals surface area contributed by atoms with E-state index in [2.05, 4.69) is 0 Å². The molecule has 0 radical (unpaired) electrons. The highest BCUT2D eigenvalue weighted by atomic mass is 19.1. The van der Waals surface area contributed by atoms with Gasteiger partial charge in [-0.25, -0.2) is 4.39 Å². The quantitative estimate of drug-likeness (QED) is 0.727. The van der Waals surface area contributed by atoms with Crippen molar-refractivity contribution in [3.8, 4) is 17.0 Å². The van der Waals surface area contributed by atoms with E-state index in [0.29, 0.717) is 11.3 Å². The van der Waals surface area contributed by atoms with E-state index in [9.17, 15) is 9.18 Å². The summed E-state index contributed by atoms with van der Waals surface area (Å²) in [6, 6.07) is 13.0. The Morgan fingerprint density at radius 2 is 1.92 bits per heavy atom. The Balaban J connectivity index is 1.90. The predicted molar refractivity (Wildman–Crippen MR) is 92.0 cm³/mol. The number of methoxy groups -OCH3 is 1. The molecule has 0 bridgehead atoms. The summed E-state index contributed by atoms with van der Waals surface area (Å²) in [7, 11) is 3.29. The summed E-state index contributed by atoms with van der Waals surface area (Å²) in [6.07, 6.45) is 1.73. The molecule has 1 heterocycles. The normalized spacial score (nSPS) is 10.7. The zero-order valence-electron chi connectivity index (χ0n) is 14.0. The lowest BCUT2D eigenvalue weighted by Gasteiger charge is -2.04. The van der Waals surface area contributed by atoms with E-state index in [1.165, 1.54) is 12.1 Å². The van der Waals surface area contributed by atoms with Crippen LogP contribution in [0.2, 0.25) is 0 Å². The Kier molecular flexibility index (Phi) is 4.52. The number of ether oxygens (including phenoxy) is 1. The molecule has 25 heavy (non-hydrogen) atoms. The van der Waals surface area contributed by atoms with Crippen LogP contribution >= 0.6 is 0 Å². The van der Waals surface area contributed by atoms with Crippen molar-refractivity contribution in [2.45, 2.75) is 6.54 Å². The van der Waals surface area contributed by atoms with Crippen LogP contribution in [0.25, 0.3) is 11.3 Å². The van der Waals surface area contributed by atoms with Crippen molar-refractivity contribution < 1.29 is 13.9 Å². The lowest BCUT2D eigenvalue weighted by molar-refractivity contribution is 0.0970. The zero-order chi connectivity index (χ0) is 18.0. The van der Waals surface area contributed by atoms with E-state index in [-0.39, 0.29) is 23.8 Å². The number of halogens is 1. The van der Waals surface area contributed by atoms with Gasteiger partial charge in [0.05, 0.1) is 19.3 Å². The second-order valence-corrected chi connectivity index (χ2v) is 5.69. The Morgan fingerprint density at radius 3 is 2.60 bits per heavy atom. The van der Waals surface area contributed by atoms with E-state index < -0.39 is 0 Å². The fourth-order valence-electron chi connectivity index (χ4n) is 2.65. The highest BCUT2D eigenvalue weighted by Crippen LogP contribution is 2.18. The van der Waals surface area contributed by atoms with Crippen LogP contribution in [0, 0.1) is 11.2 Å². The van der Waals surface area contributed by atoms with Crippen molar-refractivity contribution in [1.82, 2.24) is 9.13 Å². The second-order valence-electron chi connectivity index (χ2n) is 5.69. The van der Waals surface area contributed by atoms with E-state index in [0.717, 1.165) is 11.3 Å². The molecule has 0 saturated carbocycles. The molecule has 0 fully saturated rings. The molecule has 1 N–H and O–H groups in total. The van der Waals surface area contributed by atoms with Gasteiger partial charge in [0.2, 0.25) is 5.62 Å². The number of nitrogens with zero attached hydrogens (tertiary/aromatic N) is 2. The molecule has 0 aliphatic carbocycles. The predicted octanol–water partition coefficient (Wildman–Crippen LogP) is 3.00. The molecule has 3 rings (SSSR count). The largest absolute Gasteiger partial charge is 0.497 e. The van der Waals surface area contributed by atoms with Gasteiger partial charge < -0.3 is 13.9 Å². The van der Waals surface area contributed by atoms with Crippen molar-refractivity contribution in [2.24, 2.45) is 7.05 Å². The molecule has 1 aromatic heterocycles. The van der Waals surface area contributed by atoms with Crippen molar-refractivity contribution in [1.29, 1.82) is 5.41 Å². The van der Waals surface area contributed by atoms with E-state index in [4.69, 9.17) is 10.1 Å². The Labute approximate surface area is 144 Å². The number of carbonyl (C=O) groups excluding carboxylic acids is 1. The number of hydrogen-bond acceptors (Lipinski definition) is 3. The first-order valence-electron chi connectivity index (χ1n) is 7.73. The molecule has 0 atom stereocenters. The highest BCUT2D eigenvalue weighted by Gasteiger charge is 2.13. The Morgan fingerprint density at radius 1 is 1.20 bits per heavy atom. The maximum Gasteiger partial charge on any atom is 0.202 e. The Hall–Kier alpha value is -3.15. The number of hydrogen-bond donors (Lipinski definition) is 1. The van der Waals surface area contributed by atoms with Crippen LogP contribution in [-0.2, 0) is 13.6 Å². The fourth-order valence-corrected chi connectivity index (χ4v) is 2.65. The molecule has 0 spiro atoms. The molecule has 6 heteroatoms. The van der Waals surface area contributed by atoms with Crippen LogP contribution in [0.3, 0.4) is 0 Å². The summed E-state index contributed by atoms with van der Waals surface area (Å²) in [5, 5.41) is 8.22. The first-order valence-corrected chi connectivity index (χ1v) is 7.73. The van der Waals surface area contributed by atoms with Crippen molar-refractivity contribution in [2.75, 3.05) is 7.11 Å². The fraction of sp³-hybridized carbons (Fsp3) is 0.158.